The van der Waals surface area contributed by atoms with Gasteiger partial charge < -0.3 is 4.74 Å². The second-order valence-electron chi connectivity index (χ2n) is 11.4. The average molecular weight is 463 g/mol. The van der Waals surface area contributed by atoms with Gasteiger partial charge in [0.2, 0.25) is 0 Å². The molecule has 1 unspecified atom stereocenters. The smallest absolute Gasteiger partial charge is 0.309 e. The number of ether oxygens (including phenoxy) is 1. The number of carbonyl (C=O) groups excluding carboxylic acids is 1. The molecule has 2 nitrogen and oxygen atoms in total. The van der Waals surface area contributed by atoms with Crippen LogP contribution < -0.4 is 0 Å². The van der Waals surface area contributed by atoms with Crippen LogP contribution in [0.1, 0.15) is 71.3 Å². The zero-order valence-corrected chi connectivity index (χ0v) is 20.9. The summed E-state index contributed by atoms with van der Waals surface area (Å²) in [5, 5.41) is 0. The van der Waals surface area contributed by atoms with Gasteiger partial charge in [0, 0.05) is 5.92 Å². The highest BCUT2D eigenvalue weighted by Gasteiger charge is 2.54. The van der Waals surface area contributed by atoms with E-state index >= 15 is 0 Å². The topological polar surface area (TPSA) is 26.3 Å². The molecule has 1 heterocycles. The lowest BCUT2D eigenvalue weighted by Gasteiger charge is -2.47. The Morgan fingerprint density at radius 2 is 2.00 bits per heavy atom. The van der Waals surface area contributed by atoms with Gasteiger partial charge in [-0.3, -0.25) is 4.79 Å². The van der Waals surface area contributed by atoms with Gasteiger partial charge >= 0.3 is 5.97 Å². The number of benzene rings is 1. The van der Waals surface area contributed by atoms with E-state index in [1.54, 1.807) is 12.1 Å². The maximum Gasteiger partial charge on any atom is 0.309 e. The van der Waals surface area contributed by atoms with E-state index in [9.17, 15) is 9.18 Å². The normalized spacial score (nSPS) is 37.6. The summed E-state index contributed by atoms with van der Waals surface area (Å²) in [5.41, 5.74) is 3.50. The van der Waals surface area contributed by atoms with Crippen molar-refractivity contribution < 1.29 is 13.9 Å². The largest absolute Gasteiger partial charge is 0.462 e. The minimum Gasteiger partial charge on any atom is -0.462 e. The van der Waals surface area contributed by atoms with E-state index in [1.807, 2.05) is 6.07 Å². The lowest BCUT2D eigenvalue weighted by Crippen LogP contribution is -2.44. The van der Waals surface area contributed by atoms with Crippen molar-refractivity contribution in [1.82, 2.24) is 0 Å². The molecule has 0 spiro atoms. The molecule has 0 amide bonds. The Morgan fingerprint density at radius 1 is 1.15 bits per heavy atom. The van der Waals surface area contributed by atoms with Crippen molar-refractivity contribution in [2.45, 2.75) is 71.8 Å². The molecule has 8 atom stereocenters. The van der Waals surface area contributed by atoms with Crippen LogP contribution in [0.15, 0.2) is 54.1 Å². The predicted molar refractivity (Wildman–Crippen MR) is 135 cm³/mol. The predicted octanol–water partition coefficient (Wildman–Crippen LogP) is 7.76. The van der Waals surface area contributed by atoms with E-state index in [0.29, 0.717) is 29.6 Å². The van der Waals surface area contributed by atoms with Crippen LogP contribution in [-0.4, -0.2) is 12.1 Å². The molecule has 3 aliphatic carbocycles. The highest BCUT2D eigenvalue weighted by atomic mass is 19.1. The molecule has 0 radical (unpaired) electrons. The molecular formula is C31H39FO2. The summed E-state index contributed by atoms with van der Waals surface area (Å²) in [6.45, 7) is 6.62. The second-order valence-corrected chi connectivity index (χ2v) is 11.4. The van der Waals surface area contributed by atoms with Gasteiger partial charge in [0.05, 0.1) is 5.92 Å². The van der Waals surface area contributed by atoms with E-state index in [0.717, 1.165) is 24.3 Å². The molecule has 3 heteroatoms. The fourth-order valence-electron chi connectivity index (χ4n) is 7.68. The average Bonchev–Trinajstić information content (AvgIpc) is 3.10. The molecule has 1 aliphatic heterocycles. The van der Waals surface area contributed by atoms with Crippen LogP contribution >= 0.6 is 0 Å². The third kappa shape index (κ3) is 4.55. The molecule has 0 N–H and O–H groups in total. The van der Waals surface area contributed by atoms with Gasteiger partial charge in [0.1, 0.15) is 11.9 Å². The van der Waals surface area contributed by atoms with Gasteiger partial charge in [0.15, 0.2) is 0 Å². The van der Waals surface area contributed by atoms with Crippen molar-refractivity contribution in [1.29, 1.82) is 0 Å². The number of esters is 1. The summed E-state index contributed by atoms with van der Waals surface area (Å²) >= 11 is 0. The van der Waals surface area contributed by atoms with Crippen LogP contribution in [0, 0.1) is 47.2 Å². The Bertz CT molecular complexity index is 1000. The summed E-state index contributed by atoms with van der Waals surface area (Å²) in [7, 11) is 0. The molecule has 1 saturated heterocycles. The first-order valence-corrected chi connectivity index (χ1v) is 13.5. The molecule has 2 saturated carbocycles. The number of halogens is 1. The zero-order chi connectivity index (χ0) is 23.8. The van der Waals surface area contributed by atoms with Crippen molar-refractivity contribution in [3.05, 3.63) is 65.5 Å². The molecule has 1 aromatic rings. The summed E-state index contributed by atoms with van der Waals surface area (Å²) in [5.74, 6) is 3.15. The summed E-state index contributed by atoms with van der Waals surface area (Å²) < 4.78 is 19.5. The minimum atomic E-state index is -0.183. The lowest BCUT2D eigenvalue weighted by atomic mass is 9.56. The lowest BCUT2D eigenvalue weighted by molar-refractivity contribution is -0.144. The highest BCUT2D eigenvalue weighted by Crippen LogP contribution is 2.55. The van der Waals surface area contributed by atoms with Crippen LogP contribution in [0.5, 0.6) is 0 Å². The van der Waals surface area contributed by atoms with Crippen LogP contribution in [-0.2, 0) is 9.53 Å². The van der Waals surface area contributed by atoms with Gasteiger partial charge in [-0.2, -0.15) is 0 Å². The molecule has 182 valence electrons. The van der Waals surface area contributed by atoms with Crippen LogP contribution in [0.2, 0.25) is 0 Å². The molecule has 0 aromatic heterocycles. The van der Waals surface area contributed by atoms with Gasteiger partial charge in [-0.15, -0.1) is 0 Å². The SMILES string of the molecule is CCC[C@H]1CC[C@H]2[C@@H](C1)C[C@H]1C(=O)O[C@@H](C)[C@H]1[C@H]2/C=C/C1=CC=C(c2cccc(F)c2)C(C)C1. The quantitative estimate of drug-likeness (QED) is 0.418. The Labute approximate surface area is 204 Å². The van der Waals surface area contributed by atoms with Gasteiger partial charge in [0.25, 0.3) is 0 Å². The molecule has 1 aromatic carbocycles. The fourth-order valence-corrected chi connectivity index (χ4v) is 7.68. The minimum absolute atomic E-state index is 0.0141. The van der Waals surface area contributed by atoms with E-state index in [2.05, 4.69) is 45.1 Å². The van der Waals surface area contributed by atoms with Gasteiger partial charge in [-0.1, -0.05) is 69.5 Å². The van der Waals surface area contributed by atoms with E-state index in [4.69, 9.17) is 4.74 Å². The van der Waals surface area contributed by atoms with Crippen molar-refractivity contribution in [3.63, 3.8) is 0 Å². The molecule has 5 rings (SSSR count). The first-order chi connectivity index (χ1) is 16.4. The maximum atomic E-state index is 13.7. The molecule has 0 bridgehead atoms. The fraction of sp³-hybridized carbons (Fsp3) is 0.581. The number of carbonyl (C=O) groups is 1. The van der Waals surface area contributed by atoms with Crippen LogP contribution in [0.25, 0.3) is 5.57 Å². The molecule has 3 fully saturated rings. The van der Waals surface area contributed by atoms with E-state index in [1.165, 1.54) is 49.3 Å². The number of rotatable bonds is 5. The first kappa shape index (κ1) is 23.6. The van der Waals surface area contributed by atoms with E-state index < -0.39 is 0 Å². The Kier molecular flexibility index (Phi) is 6.82. The van der Waals surface area contributed by atoms with Gasteiger partial charge in [-0.25, -0.2) is 4.39 Å². The third-order valence-corrected chi connectivity index (χ3v) is 9.19. The van der Waals surface area contributed by atoms with Crippen molar-refractivity contribution in [2.24, 2.45) is 41.4 Å². The number of allylic oxidation sites excluding steroid dienone is 6. The number of fused-ring (bicyclic) bond motifs is 2. The molecular weight excluding hydrogens is 423 g/mol. The Morgan fingerprint density at radius 3 is 2.76 bits per heavy atom. The van der Waals surface area contributed by atoms with Crippen LogP contribution in [0.4, 0.5) is 4.39 Å². The van der Waals surface area contributed by atoms with Crippen molar-refractivity contribution in [2.75, 3.05) is 0 Å². The van der Waals surface area contributed by atoms with Crippen molar-refractivity contribution >= 4 is 11.5 Å². The summed E-state index contributed by atoms with van der Waals surface area (Å²) in [6.07, 6.45) is 17.6. The Hall–Kier alpha value is -2.16. The zero-order valence-electron chi connectivity index (χ0n) is 20.9. The van der Waals surface area contributed by atoms with E-state index in [-0.39, 0.29) is 23.8 Å². The maximum absolute atomic E-state index is 13.7. The highest BCUT2D eigenvalue weighted by molar-refractivity contribution is 5.75. The summed E-state index contributed by atoms with van der Waals surface area (Å²) in [6, 6.07) is 6.91. The molecule has 34 heavy (non-hydrogen) atoms. The summed E-state index contributed by atoms with van der Waals surface area (Å²) in [4.78, 5) is 12.7. The first-order valence-electron chi connectivity index (χ1n) is 13.5. The Balaban J connectivity index is 1.38. The monoisotopic (exact) mass is 462 g/mol. The van der Waals surface area contributed by atoms with Gasteiger partial charge in [-0.05, 0) is 91.0 Å². The third-order valence-electron chi connectivity index (χ3n) is 9.19. The number of hydrogen-bond donors (Lipinski definition) is 0. The number of cyclic esters (lactones) is 1. The number of hydrogen-bond acceptors (Lipinski definition) is 2. The van der Waals surface area contributed by atoms with Crippen LogP contribution in [0.3, 0.4) is 0 Å². The second kappa shape index (κ2) is 9.84. The standard InChI is InChI=1S/C31H39FO2/c1-4-6-21-10-13-27-24(16-21)18-29-30(20(3)34-31(29)33)28(27)14-11-22-9-12-26(19(2)15-22)23-7-5-8-25(32)17-23/h5,7-9,11-12,14,17,19-21,24,27-30H,4,6,10,13,15-16,18H2,1-3H3/b14-11+/t19?,20-,21-,24-,27-,28-,29+,30-/m0/s1. The molecule has 4 aliphatic rings. The van der Waals surface area contributed by atoms with Crippen molar-refractivity contribution in [3.8, 4) is 0 Å².